The Morgan fingerprint density at radius 3 is 2.74 bits per heavy atom. The molecule has 2 aliphatic rings. The third-order valence-corrected chi connectivity index (χ3v) is 4.85. The molecule has 1 aromatic carbocycles. The minimum Gasteiger partial charge on any atom is -0.482 e. The van der Waals surface area contributed by atoms with Crippen LogP contribution in [0, 0.1) is 0 Å². The van der Waals surface area contributed by atoms with E-state index in [-0.39, 0.29) is 36.9 Å². The van der Waals surface area contributed by atoms with Crippen molar-refractivity contribution >= 4 is 29.9 Å². The lowest BCUT2D eigenvalue weighted by Gasteiger charge is -2.33. The van der Waals surface area contributed by atoms with E-state index >= 15 is 0 Å². The normalized spacial score (nSPS) is 17.1. The van der Waals surface area contributed by atoms with Crippen LogP contribution in [0.15, 0.2) is 24.3 Å². The molecular formula is C19H28ClN3O4. The fraction of sp³-hybridized carbons (Fsp3) is 0.579. The van der Waals surface area contributed by atoms with Gasteiger partial charge in [0.2, 0.25) is 5.91 Å². The number of anilines is 1. The maximum atomic E-state index is 12.5. The molecule has 0 aliphatic carbocycles. The summed E-state index contributed by atoms with van der Waals surface area (Å²) in [6.45, 7) is 3.15. The van der Waals surface area contributed by atoms with Crippen LogP contribution in [0.5, 0.6) is 5.75 Å². The third kappa shape index (κ3) is 5.57. The summed E-state index contributed by atoms with van der Waals surface area (Å²) in [5.41, 5.74) is 6.21. The second-order valence-corrected chi connectivity index (χ2v) is 6.64. The second kappa shape index (κ2) is 10.5. The maximum Gasteiger partial charge on any atom is 0.265 e. The van der Waals surface area contributed by atoms with E-state index in [4.69, 9.17) is 15.2 Å². The molecule has 0 spiro atoms. The number of nitrogens with two attached hydrogens (primary N) is 1. The number of likely N-dealkylation sites (tertiary alicyclic amines) is 1. The van der Waals surface area contributed by atoms with Gasteiger partial charge in [-0.25, -0.2) is 0 Å². The van der Waals surface area contributed by atoms with Crippen LogP contribution >= 0.6 is 12.4 Å². The molecule has 3 rings (SSSR count). The molecule has 0 radical (unpaired) electrons. The average Bonchev–Trinajstić information content (AvgIpc) is 2.68. The number of benzene rings is 1. The molecule has 2 N–H and O–H groups in total. The molecule has 2 heterocycles. The summed E-state index contributed by atoms with van der Waals surface area (Å²) < 4.78 is 11.2. The van der Waals surface area contributed by atoms with Crippen LogP contribution in [0.1, 0.15) is 25.7 Å². The van der Waals surface area contributed by atoms with Crippen molar-refractivity contribution in [1.82, 2.24) is 4.90 Å². The summed E-state index contributed by atoms with van der Waals surface area (Å²) in [7, 11) is 0. The predicted molar refractivity (Wildman–Crippen MR) is 105 cm³/mol. The highest BCUT2D eigenvalue weighted by Crippen LogP contribution is 2.31. The highest BCUT2D eigenvalue weighted by atomic mass is 35.5. The van der Waals surface area contributed by atoms with Crippen LogP contribution in [0.3, 0.4) is 0 Å². The fourth-order valence-electron chi connectivity index (χ4n) is 3.37. The van der Waals surface area contributed by atoms with Crippen LogP contribution in [0.4, 0.5) is 5.69 Å². The molecule has 0 aromatic heterocycles. The van der Waals surface area contributed by atoms with E-state index < -0.39 is 0 Å². The topological polar surface area (TPSA) is 85.1 Å². The first-order valence-corrected chi connectivity index (χ1v) is 9.30. The van der Waals surface area contributed by atoms with Crippen molar-refractivity contribution in [3.63, 3.8) is 0 Å². The summed E-state index contributed by atoms with van der Waals surface area (Å²) in [5, 5.41) is 0. The van der Waals surface area contributed by atoms with Crippen molar-refractivity contribution in [2.24, 2.45) is 5.73 Å². The van der Waals surface area contributed by atoms with Crippen molar-refractivity contribution in [1.29, 1.82) is 0 Å². The highest BCUT2D eigenvalue weighted by molar-refractivity contribution is 5.98. The van der Waals surface area contributed by atoms with E-state index in [1.807, 2.05) is 29.2 Å². The van der Waals surface area contributed by atoms with E-state index in [1.54, 1.807) is 4.90 Å². The highest BCUT2D eigenvalue weighted by Gasteiger charge is 2.27. The van der Waals surface area contributed by atoms with Gasteiger partial charge in [-0.05, 0) is 37.9 Å². The molecule has 8 heteroatoms. The Labute approximate surface area is 166 Å². The molecular weight excluding hydrogens is 370 g/mol. The first-order chi connectivity index (χ1) is 12.7. The summed E-state index contributed by atoms with van der Waals surface area (Å²) in [5.74, 6) is 0.667. The Balaban J connectivity index is 0.00000261. The van der Waals surface area contributed by atoms with Gasteiger partial charge in [-0.2, -0.15) is 0 Å². The second-order valence-electron chi connectivity index (χ2n) is 6.64. The number of piperidine rings is 1. The molecule has 1 saturated heterocycles. The molecule has 0 atom stereocenters. The van der Waals surface area contributed by atoms with E-state index in [0.717, 1.165) is 24.9 Å². The van der Waals surface area contributed by atoms with Crippen LogP contribution in [0.25, 0.3) is 0 Å². The lowest BCUT2D eigenvalue weighted by molar-refractivity contribution is -0.133. The Hall–Kier alpha value is -1.83. The molecule has 2 amide bonds. The van der Waals surface area contributed by atoms with Gasteiger partial charge in [0.25, 0.3) is 5.91 Å². The molecule has 2 aliphatic heterocycles. The van der Waals surface area contributed by atoms with Crippen molar-refractivity contribution in [2.75, 3.05) is 44.3 Å². The molecule has 0 saturated carbocycles. The smallest absolute Gasteiger partial charge is 0.265 e. The van der Waals surface area contributed by atoms with E-state index in [9.17, 15) is 9.59 Å². The number of ether oxygens (including phenoxy) is 2. The van der Waals surface area contributed by atoms with E-state index in [2.05, 4.69) is 0 Å². The number of carbonyl (C=O) groups is 2. The number of nitrogens with zero attached hydrogens (tertiary/aromatic N) is 2. The van der Waals surface area contributed by atoms with Crippen LogP contribution in [-0.2, 0) is 14.3 Å². The Bertz CT molecular complexity index is 635. The lowest BCUT2D eigenvalue weighted by atomic mass is 10.1. The van der Waals surface area contributed by atoms with Gasteiger partial charge in [-0.15, -0.1) is 12.4 Å². The largest absolute Gasteiger partial charge is 0.482 e. The number of hydrogen-bond donors (Lipinski definition) is 1. The van der Waals surface area contributed by atoms with Crippen LogP contribution < -0.4 is 15.4 Å². The first kappa shape index (κ1) is 21.5. The summed E-state index contributed by atoms with van der Waals surface area (Å²) in [6, 6.07) is 7.43. The molecule has 150 valence electrons. The van der Waals surface area contributed by atoms with Crippen LogP contribution in [-0.4, -0.2) is 62.2 Å². The fourth-order valence-corrected chi connectivity index (χ4v) is 3.37. The van der Waals surface area contributed by atoms with Gasteiger partial charge in [0.15, 0.2) is 6.61 Å². The van der Waals surface area contributed by atoms with Crippen molar-refractivity contribution in [3.05, 3.63) is 24.3 Å². The molecule has 0 unspecified atom stereocenters. The van der Waals surface area contributed by atoms with Crippen molar-refractivity contribution < 1.29 is 19.1 Å². The Kier molecular flexibility index (Phi) is 8.34. The quantitative estimate of drug-likeness (QED) is 0.706. The number of carbonyl (C=O) groups excluding carboxylic acids is 2. The van der Waals surface area contributed by atoms with E-state index in [1.165, 1.54) is 0 Å². The molecule has 1 fully saturated rings. The van der Waals surface area contributed by atoms with Gasteiger partial charge in [-0.3, -0.25) is 9.59 Å². The van der Waals surface area contributed by atoms with Gasteiger partial charge >= 0.3 is 0 Å². The van der Waals surface area contributed by atoms with Crippen molar-refractivity contribution in [3.8, 4) is 5.75 Å². The van der Waals surface area contributed by atoms with Gasteiger partial charge in [0.1, 0.15) is 5.75 Å². The molecule has 7 nitrogen and oxygen atoms in total. The number of hydrogen-bond acceptors (Lipinski definition) is 5. The van der Waals surface area contributed by atoms with E-state index in [0.29, 0.717) is 45.0 Å². The molecule has 0 bridgehead atoms. The Morgan fingerprint density at radius 1 is 1.26 bits per heavy atom. The SMILES string of the molecule is Cl.NCCCOC1CCN(C(=O)CCN2C(=O)COc3ccccc32)CC1. The zero-order valence-electron chi connectivity index (χ0n) is 15.5. The minimum atomic E-state index is -0.108. The average molecular weight is 398 g/mol. The zero-order chi connectivity index (χ0) is 18.4. The number of rotatable bonds is 7. The molecule has 1 aromatic rings. The summed E-state index contributed by atoms with van der Waals surface area (Å²) in [4.78, 5) is 28.2. The van der Waals surface area contributed by atoms with Gasteiger partial charge in [-0.1, -0.05) is 12.1 Å². The minimum absolute atomic E-state index is 0. The number of para-hydroxylation sites is 2. The van der Waals surface area contributed by atoms with Crippen molar-refractivity contribution in [2.45, 2.75) is 31.8 Å². The molecule has 27 heavy (non-hydrogen) atoms. The van der Waals surface area contributed by atoms with Crippen LogP contribution in [0.2, 0.25) is 0 Å². The number of halogens is 1. The Morgan fingerprint density at radius 2 is 2.00 bits per heavy atom. The van der Waals surface area contributed by atoms with Gasteiger partial charge < -0.3 is 25.0 Å². The first-order valence-electron chi connectivity index (χ1n) is 9.30. The number of fused-ring (bicyclic) bond motifs is 1. The monoisotopic (exact) mass is 397 g/mol. The zero-order valence-corrected chi connectivity index (χ0v) is 16.3. The number of amides is 2. The predicted octanol–water partition coefficient (Wildman–Crippen LogP) is 1.58. The summed E-state index contributed by atoms with van der Waals surface area (Å²) in [6.07, 6.45) is 3.12. The standard InChI is InChI=1S/C19H27N3O4.ClH/c20-9-3-13-25-15-6-10-21(11-7-15)18(23)8-12-22-16-4-1-2-5-17(16)26-14-19(22)24;/h1-2,4-5,15H,3,6-14,20H2;1H. The lowest BCUT2D eigenvalue weighted by Crippen LogP contribution is -2.44. The maximum absolute atomic E-state index is 12.5. The summed E-state index contributed by atoms with van der Waals surface area (Å²) >= 11 is 0. The van der Waals surface area contributed by atoms with Gasteiger partial charge in [0.05, 0.1) is 11.8 Å². The van der Waals surface area contributed by atoms with Gasteiger partial charge in [0, 0.05) is 32.7 Å². The third-order valence-electron chi connectivity index (χ3n) is 4.85.